The fraction of sp³-hybridized carbons (Fsp3) is 0.133. The monoisotopic (exact) mass is 335 g/mol. The lowest BCUT2D eigenvalue weighted by Crippen LogP contribution is -2.14. The molecule has 23 heavy (non-hydrogen) atoms. The molecule has 2 N–H and O–H groups in total. The lowest BCUT2D eigenvalue weighted by atomic mass is 10.3. The standard InChI is InChI=1S/C15H17N3O4S/c1-17(2)13-4-6-14(7-5-13)23(21,22)18-10-9-12(11-18)3-8-15(19)16-20/h3-11,20H,1-2H3,(H,16,19). The van der Waals surface area contributed by atoms with E-state index in [4.69, 9.17) is 5.21 Å². The van der Waals surface area contributed by atoms with Crippen LogP contribution in [-0.4, -0.2) is 37.6 Å². The molecular weight excluding hydrogens is 318 g/mol. The molecule has 122 valence electrons. The summed E-state index contributed by atoms with van der Waals surface area (Å²) in [6, 6.07) is 8.08. The van der Waals surface area contributed by atoms with E-state index in [0.717, 1.165) is 15.7 Å². The Labute approximate surface area is 134 Å². The summed E-state index contributed by atoms with van der Waals surface area (Å²) < 4.78 is 26.1. The number of amides is 1. The molecule has 1 aromatic carbocycles. The van der Waals surface area contributed by atoms with Crippen LogP contribution in [0.3, 0.4) is 0 Å². The van der Waals surface area contributed by atoms with Crippen LogP contribution in [0, 0.1) is 0 Å². The minimum Gasteiger partial charge on any atom is -0.378 e. The fourth-order valence-corrected chi connectivity index (χ4v) is 3.09. The third kappa shape index (κ3) is 3.79. The summed E-state index contributed by atoms with van der Waals surface area (Å²) in [5.74, 6) is -0.695. The van der Waals surface area contributed by atoms with Gasteiger partial charge >= 0.3 is 0 Å². The number of hydroxylamine groups is 1. The number of carbonyl (C=O) groups excluding carboxylic acids is 1. The molecule has 0 aliphatic rings. The summed E-state index contributed by atoms with van der Waals surface area (Å²) in [7, 11) is 0.0528. The number of hydrogen-bond acceptors (Lipinski definition) is 5. The van der Waals surface area contributed by atoms with Crippen molar-refractivity contribution in [2.24, 2.45) is 0 Å². The minimum absolute atomic E-state index is 0.169. The van der Waals surface area contributed by atoms with E-state index >= 15 is 0 Å². The van der Waals surface area contributed by atoms with E-state index in [1.807, 2.05) is 19.0 Å². The molecule has 2 rings (SSSR count). The highest BCUT2D eigenvalue weighted by Crippen LogP contribution is 2.19. The van der Waals surface area contributed by atoms with Gasteiger partial charge in [-0.3, -0.25) is 10.0 Å². The first-order valence-electron chi connectivity index (χ1n) is 6.67. The van der Waals surface area contributed by atoms with Crippen LogP contribution in [0.2, 0.25) is 0 Å². The first kappa shape index (κ1) is 16.8. The van der Waals surface area contributed by atoms with Crippen LogP contribution in [-0.2, 0) is 14.8 Å². The number of anilines is 1. The van der Waals surface area contributed by atoms with Crippen molar-refractivity contribution >= 4 is 27.7 Å². The average Bonchev–Trinajstić information content (AvgIpc) is 3.02. The first-order valence-corrected chi connectivity index (χ1v) is 8.11. The van der Waals surface area contributed by atoms with Crippen LogP contribution < -0.4 is 10.4 Å². The molecule has 0 bridgehead atoms. The van der Waals surface area contributed by atoms with E-state index in [0.29, 0.717) is 5.56 Å². The topological polar surface area (TPSA) is 91.6 Å². The Morgan fingerprint density at radius 1 is 1.22 bits per heavy atom. The quantitative estimate of drug-likeness (QED) is 0.488. The maximum atomic E-state index is 12.5. The van der Waals surface area contributed by atoms with Crippen molar-refractivity contribution in [2.45, 2.75) is 4.90 Å². The van der Waals surface area contributed by atoms with Gasteiger partial charge in [-0.25, -0.2) is 17.9 Å². The molecule has 0 atom stereocenters. The van der Waals surface area contributed by atoms with Crippen molar-refractivity contribution in [2.75, 3.05) is 19.0 Å². The van der Waals surface area contributed by atoms with Gasteiger partial charge in [0, 0.05) is 38.3 Å². The van der Waals surface area contributed by atoms with Gasteiger partial charge in [-0.1, -0.05) is 0 Å². The van der Waals surface area contributed by atoms with Crippen LogP contribution in [0.15, 0.2) is 53.7 Å². The molecule has 1 aromatic heterocycles. The van der Waals surface area contributed by atoms with Gasteiger partial charge in [-0.15, -0.1) is 0 Å². The molecule has 1 heterocycles. The third-order valence-electron chi connectivity index (χ3n) is 3.16. The Morgan fingerprint density at radius 2 is 1.87 bits per heavy atom. The Bertz CT molecular complexity index is 821. The normalized spacial score (nSPS) is 11.6. The molecule has 0 aliphatic heterocycles. The molecule has 2 aromatic rings. The smallest absolute Gasteiger partial charge is 0.267 e. The van der Waals surface area contributed by atoms with Crippen LogP contribution in [0.4, 0.5) is 5.69 Å². The van der Waals surface area contributed by atoms with Crippen LogP contribution in [0.25, 0.3) is 6.08 Å². The summed E-state index contributed by atoms with van der Waals surface area (Å²) in [5.41, 5.74) is 2.87. The number of carbonyl (C=O) groups is 1. The van der Waals surface area contributed by atoms with Crippen molar-refractivity contribution < 1.29 is 18.4 Å². The van der Waals surface area contributed by atoms with E-state index in [1.54, 1.807) is 30.3 Å². The zero-order valence-corrected chi connectivity index (χ0v) is 13.5. The number of hydrogen-bond donors (Lipinski definition) is 2. The maximum Gasteiger partial charge on any atom is 0.267 e. The van der Waals surface area contributed by atoms with Gasteiger partial charge in [0.25, 0.3) is 15.9 Å². The van der Waals surface area contributed by atoms with Crippen molar-refractivity contribution in [3.8, 4) is 0 Å². The average molecular weight is 335 g/mol. The predicted octanol–water partition coefficient (Wildman–Crippen LogP) is 1.31. The zero-order valence-electron chi connectivity index (χ0n) is 12.7. The van der Waals surface area contributed by atoms with Crippen molar-refractivity contribution in [3.05, 3.63) is 54.4 Å². The SMILES string of the molecule is CN(C)c1ccc(S(=O)(=O)n2ccc(C=CC(=O)NO)c2)cc1. The lowest BCUT2D eigenvalue weighted by Gasteiger charge is -2.13. The molecule has 7 nitrogen and oxygen atoms in total. The van der Waals surface area contributed by atoms with E-state index in [9.17, 15) is 13.2 Å². The number of benzene rings is 1. The number of nitrogens with one attached hydrogen (secondary N) is 1. The second-order valence-corrected chi connectivity index (χ2v) is 6.82. The van der Waals surface area contributed by atoms with Crippen LogP contribution in [0.5, 0.6) is 0 Å². The van der Waals surface area contributed by atoms with E-state index in [2.05, 4.69) is 0 Å². The highest BCUT2D eigenvalue weighted by molar-refractivity contribution is 7.90. The third-order valence-corrected chi connectivity index (χ3v) is 4.81. The van der Waals surface area contributed by atoms with Crippen molar-refractivity contribution in [3.63, 3.8) is 0 Å². The van der Waals surface area contributed by atoms with Gasteiger partial charge in [0.1, 0.15) is 0 Å². The number of rotatable bonds is 5. The van der Waals surface area contributed by atoms with Gasteiger partial charge in [0.15, 0.2) is 0 Å². The number of nitrogens with zero attached hydrogens (tertiary/aromatic N) is 2. The molecule has 0 unspecified atom stereocenters. The second-order valence-electron chi connectivity index (χ2n) is 4.98. The largest absolute Gasteiger partial charge is 0.378 e. The Hall–Kier alpha value is -2.58. The number of aromatic nitrogens is 1. The molecule has 0 aliphatic carbocycles. The minimum atomic E-state index is -3.69. The van der Waals surface area contributed by atoms with Gasteiger partial charge in [0.05, 0.1) is 4.90 Å². The highest BCUT2D eigenvalue weighted by atomic mass is 32.2. The van der Waals surface area contributed by atoms with Crippen LogP contribution >= 0.6 is 0 Å². The van der Waals surface area contributed by atoms with Gasteiger partial charge in [-0.05, 0) is 42.0 Å². The Balaban J connectivity index is 2.28. The second kappa shape index (κ2) is 6.67. The summed E-state index contributed by atoms with van der Waals surface area (Å²) in [6.07, 6.45) is 5.27. The van der Waals surface area contributed by atoms with E-state index in [1.165, 1.54) is 23.9 Å². The summed E-state index contributed by atoms with van der Waals surface area (Å²) in [5, 5.41) is 8.40. The van der Waals surface area contributed by atoms with E-state index in [-0.39, 0.29) is 4.90 Å². The molecule has 1 amide bonds. The fourth-order valence-electron chi connectivity index (χ4n) is 1.89. The van der Waals surface area contributed by atoms with Gasteiger partial charge in [0.2, 0.25) is 0 Å². The first-order chi connectivity index (χ1) is 10.8. The maximum absolute atomic E-state index is 12.5. The predicted molar refractivity (Wildman–Crippen MR) is 86.7 cm³/mol. The van der Waals surface area contributed by atoms with Gasteiger partial charge in [-0.2, -0.15) is 0 Å². The molecule has 8 heteroatoms. The Kier molecular flexibility index (Phi) is 4.87. The highest BCUT2D eigenvalue weighted by Gasteiger charge is 2.16. The van der Waals surface area contributed by atoms with Crippen molar-refractivity contribution in [1.82, 2.24) is 9.45 Å². The molecule has 0 spiro atoms. The Morgan fingerprint density at radius 3 is 2.43 bits per heavy atom. The van der Waals surface area contributed by atoms with Crippen LogP contribution in [0.1, 0.15) is 5.56 Å². The molecule has 0 fully saturated rings. The summed E-state index contributed by atoms with van der Waals surface area (Å²) in [6.45, 7) is 0. The lowest BCUT2D eigenvalue weighted by molar-refractivity contribution is -0.124. The zero-order chi connectivity index (χ0) is 17.0. The van der Waals surface area contributed by atoms with Crippen molar-refractivity contribution in [1.29, 1.82) is 0 Å². The molecule has 0 saturated heterocycles. The summed E-state index contributed by atoms with van der Waals surface area (Å²) in [4.78, 5) is 13.0. The molecule has 0 saturated carbocycles. The molecule has 0 radical (unpaired) electrons. The molecular formula is C15H17N3O4S. The van der Waals surface area contributed by atoms with E-state index < -0.39 is 15.9 Å². The van der Waals surface area contributed by atoms with Gasteiger partial charge < -0.3 is 4.90 Å². The summed E-state index contributed by atoms with van der Waals surface area (Å²) >= 11 is 0.